The van der Waals surface area contributed by atoms with Crippen molar-refractivity contribution in [3.63, 3.8) is 0 Å². The minimum atomic E-state index is 0.160. The van der Waals surface area contributed by atoms with Crippen LogP contribution < -0.4 is 15.8 Å². The van der Waals surface area contributed by atoms with Gasteiger partial charge in [-0.25, -0.2) is 0 Å². The molecule has 3 nitrogen and oxygen atoms in total. The molecule has 102 valence electrons. The van der Waals surface area contributed by atoms with E-state index in [1.807, 2.05) is 32.0 Å². The Morgan fingerprint density at radius 2 is 1.78 bits per heavy atom. The zero-order valence-electron chi connectivity index (χ0n) is 12.2. The standard InChI is InChI=1S/C15H26N2O/c1-10(2)6-12(5)17-14-7-13(16)8-15(9-14)18-11(3)4/h7-12,17H,6,16H2,1-5H3. The van der Waals surface area contributed by atoms with Crippen LogP contribution in [0.5, 0.6) is 5.75 Å². The maximum atomic E-state index is 5.89. The molecule has 1 aromatic carbocycles. The molecule has 1 aromatic rings. The minimum absolute atomic E-state index is 0.160. The molecule has 0 aromatic heterocycles. The van der Waals surface area contributed by atoms with Gasteiger partial charge in [-0.1, -0.05) is 13.8 Å². The molecule has 1 rings (SSSR count). The summed E-state index contributed by atoms with van der Waals surface area (Å²) in [6.45, 7) is 10.7. The lowest BCUT2D eigenvalue weighted by Gasteiger charge is -2.19. The molecule has 0 bridgehead atoms. The van der Waals surface area contributed by atoms with Crippen molar-refractivity contribution in [1.29, 1.82) is 0 Å². The molecule has 0 saturated carbocycles. The molecule has 1 atom stereocenters. The van der Waals surface area contributed by atoms with Crippen LogP contribution in [0.4, 0.5) is 11.4 Å². The second-order valence-electron chi connectivity index (χ2n) is 5.63. The highest BCUT2D eigenvalue weighted by Crippen LogP contribution is 2.24. The van der Waals surface area contributed by atoms with E-state index >= 15 is 0 Å². The average molecular weight is 250 g/mol. The molecule has 0 amide bonds. The second kappa shape index (κ2) is 6.53. The predicted octanol–water partition coefficient (Wildman–Crippen LogP) is 3.90. The number of benzene rings is 1. The molecular formula is C15H26N2O. The van der Waals surface area contributed by atoms with Crippen molar-refractivity contribution in [2.45, 2.75) is 53.2 Å². The Labute approximate surface area is 111 Å². The number of nitrogens with two attached hydrogens (primary N) is 1. The van der Waals surface area contributed by atoms with Gasteiger partial charge in [-0.3, -0.25) is 0 Å². The van der Waals surface area contributed by atoms with Gasteiger partial charge >= 0.3 is 0 Å². The molecule has 0 heterocycles. The first-order valence-corrected chi connectivity index (χ1v) is 6.70. The van der Waals surface area contributed by atoms with Gasteiger partial charge in [0.05, 0.1) is 6.10 Å². The Kier molecular flexibility index (Phi) is 5.32. The molecule has 0 fully saturated rings. The van der Waals surface area contributed by atoms with E-state index in [1.54, 1.807) is 0 Å². The first-order valence-electron chi connectivity index (χ1n) is 6.70. The van der Waals surface area contributed by atoms with Gasteiger partial charge in [0, 0.05) is 29.5 Å². The second-order valence-corrected chi connectivity index (χ2v) is 5.63. The summed E-state index contributed by atoms with van der Waals surface area (Å²) < 4.78 is 5.68. The molecule has 3 N–H and O–H groups in total. The third kappa shape index (κ3) is 5.30. The lowest BCUT2D eigenvalue weighted by atomic mass is 10.1. The fourth-order valence-corrected chi connectivity index (χ4v) is 2.10. The number of hydrogen-bond acceptors (Lipinski definition) is 3. The van der Waals surface area contributed by atoms with E-state index in [0.717, 1.165) is 23.5 Å². The Morgan fingerprint density at radius 3 is 2.33 bits per heavy atom. The summed E-state index contributed by atoms with van der Waals surface area (Å²) in [6, 6.07) is 6.24. The van der Waals surface area contributed by atoms with Crippen molar-refractivity contribution in [2.24, 2.45) is 5.92 Å². The lowest BCUT2D eigenvalue weighted by molar-refractivity contribution is 0.242. The van der Waals surface area contributed by atoms with Crippen LogP contribution >= 0.6 is 0 Å². The quantitative estimate of drug-likeness (QED) is 0.753. The molecule has 0 aliphatic heterocycles. The normalized spacial score (nSPS) is 12.8. The molecule has 0 spiro atoms. The summed E-state index contributed by atoms with van der Waals surface area (Å²) >= 11 is 0. The van der Waals surface area contributed by atoms with Gasteiger partial charge in [0.15, 0.2) is 0 Å². The van der Waals surface area contributed by atoms with Gasteiger partial charge < -0.3 is 15.8 Å². The van der Waals surface area contributed by atoms with Crippen LogP contribution in [0.2, 0.25) is 0 Å². The van der Waals surface area contributed by atoms with E-state index in [1.165, 1.54) is 0 Å². The maximum absolute atomic E-state index is 5.89. The van der Waals surface area contributed by atoms with E-state index in [9.17, 15) is 0 Å². The Morgan fingerprint density at radius 1 is 1.11 bits per heavy atom. The monoisotopic (exact) mass is 250 g/mol. The minimum Gasteiger partial charge on any atom is -0.491 e. The van der Waals surface area contributed by atoms with E-state index in [4.69, 9.17) is 10.5 Å². The smallest absolute Gasteiger partial charge is 0.123 e. The molecule has 0 aliphatic rings. The highest BCUT2D eigenvalue weighted by Gasteiger charge is 2.07. The summed E-state index contributed by atoms with van der Waals surface area (Å²) in [5.74, 6) is 1.50. The van der Waals surface area contributed by atoms with Crippen LogP contribution in [0.3, 0.4) is 0 Å². The Balaban J connectivity index is 2.73. The summed E-state index contributed by atoms with van der Waals surface area (Å²) in [5.41, 5.74) is 7.65. The molecule has 0 saturated heterocycles. The third-order valence-corrected chi connectivity index (χ3v) is 2.54. The van der Waals surface area contributed by atoms with Gasteiger partial charge in [0.25, 0.3) is 0 Å². The number of hydrogen-bond donors (Lipinski definition) is 2. The van der Waals surface area contributed by atoms with Crippen LogP contribution in [0.15, 0.2) is 18.2 Å². The van der Waals surface area contributed by atoms with E-state index in [2.05, 4.69) is 26.1 Å². The van der Waals surface area contributed by atoms with E-state index in [-0.39, 0.29) is 6.10 Å². The van der Waals surface area contributed by atoms with Crippen molar-refractivity contribution < 1.29 is 4.74 Å². The van der Waals surface area contributed by atoms with Crippen molar-refractivity contribution in [1.82, 2.24) is 0 Å². The van der Waals surface area contributed by atoms with E-state index in [0.29, 0.717) is 12.0 Å². The molecular weight excluding hydrogens is 224 g/mol. The summed E-state index contributed by atoms with van der Waals surface area (Å²) in [6.07, 6.45) is 1.29. The average Bonchev–Trinajstić information content (AvgIpc) is 2.12. The molecule has 18 heavy (non-hydrogen) atoms. The zero-order chi connectivity index (χ0) is 13.7. The molecule has 3 heteroatoms. The number of nitrogen functional groups attached to an aromatic ring is 1. The number of ether oxygens (including phenoxy) is 1. The fraction of sp³-hybridized carbons (Fsp3) is 0.600. The van der Waals surface area contributed by atoms with Crippen LogP contribution in [0, 0.1) is 5.92 Å². The number of rotatable bonds is 6. The highest BCUT2D eigenvalue weighted by atomic mass is 16.5. The van der Waals surface area contributed by atoms with Gasteiger partial charge in [-0.15, -0.1) is 0 Å². The van der Waals surface area contributed by atoms with E-state index < -0.39 is 0 Å². The van der Waals surface area contributed by atoms with Crippen molar-refractivity contribution >= 4 is 11.4 Å². The predicted molar refractivity (Wildman–Crippen MR) is 79.2 cm³/mol. The summed E-state index contributed by atoms with van der Waals surface area (Å²) in [7, 11) is 0. The fourth-order valence-electron chi connectivity index (χ4n) is 2.10. The first-order chi connectivity index (χ1) is 8.36. The number of nitrogens with one attached hydrogen (secondary N) is 1. The Bertz CT molecular complexity index is 375. The Hall–Kier alpha value is -1.38. The zero-order valence-corrected chi connectivity index (χ0v) is 12.2. The first kappa shape index (κ1) is 14.7. The lowest BCUT2D eigenvalue weighted by Crippen LogP contribution is -2.17. The van der Waals surface area contributed by atoms with Gasteiger partial charge in [0.1, 0.15) is 5.75 Å². The topological polar surface area (TPSA) is 47.3 Å². The van der Waals surface area contributed by atoms with Gasteiger partial charge in [-0.05, 0) is 39.2 Å². The molecule has 1 unspecified atom stereocenters. The third-order valence-electron chi connectivity index (χ3n) is 2.54. The van der Waals surface area contributed by atoms with Crippen molar-refractivity contribution in [2.75, 3.05) is 11.1 Å². The summed E-state index contributed by atoms with van der Waals surface area (Å²) in [4.78, 5) is 0. The SMILES string of the molecule is CC(C)CC(C)Nc1cc(N)cc(OC(C)C)c1. The van der Waals surface area contributed by atoms with Gasteiger partial charge in [0.2, 0.25) is 0 Å². The summed E-state index contributed by atoms with van der Waals surface area (Å²) in [5, 5.41) is 3.47. The highest BCUT2D eigenvalue weighted by molar-refractivity contribution is 5.59. The van der Waals surface area contributed by atoms with Crippen LogP contribution in [0.1, 0.15) is 41.0 Å². The van der Waals surface area contributed by atoms with Crippen molar-refractivity contribution in [3.8, 4) is 5.75 Å². The molecule has 0 aliphatic carbocycles. The largest absolute Gasteiger partial charge is 0.491 e. The van der Waals surface area contributed by atoms with Gasteiger partial charge in [-0.2, -0.15) is 0 Å². The molecule has 0 radical (unpaired) electrons. The van der Waals surface area contributed by atoms with Crippen LogP contribution in [0.25, 0.3) is 0 Å². The van der Waals surface area contributed by atoms with Crippen molar-refractivity contribution in [3.05, 3.63) is 18.2 Å². The number of anilines is 2. The maximum Gasteiger partial charge on any atom is 0.123 e. The van der Waals surface area contributed by atoms with Crippen LogP contribution in [-0.2, 0) is 0 Å². The van der Waals surface area contributed by atoms with Crippen LogP contribution in [-0.4, -0.2) is 12.1 Å².